The SMILES string of the molecule is N#Cc1c(F)cccc1S(=O)(=O)[O-].[Na+]. The molecule has 4 nitrogen and oxygen atoms in total. The van der Waals surface area contributed by atoms with E-state index in [1.165, 1.54) is 6.07 Å². The summed E-state index contributed by atoms with van der Waals surface area (Å²) in [5, 5.41) is 8.37. The number of hydrogen-bond donors (Lipinski definition) is 0. The van der Waals surface area contributed by atoms with Gasteiger partial charge in [0.25, 0.3) is 0 Å². The Hall–Kier alpha value is -0.450. The summed E-state index contributed by atoms with van der Waals surface area (Å²) in [6.07, 6.45) is 0. The summed E-state index contributed by atoms with van der Waals surface area (Å²) in [5.74, 6) is -1.01. The van der Waals surface area contributed by atoms with E-state index in [4.69, 9.17) is 5.26 Å². The van der Waals surface area contributed by atoms with E-state index in [2.05, 4.69) is 0 Å². The first-order chi connectivity index (χ1) is 5.96. The van der Waals surface area contributed by atoms with Crippen molar-refractivity contribution in [3.63, 3.8) is 0 Å². The van der Waals surface area contributed by atoms with Crippen molar-refractivity contribution in [3.05, 3.63) is 29.6 Å². The molecule has 0 unspecified atom stereocenters. The van der Waals surface area contributed by atoms with Crippen molar-refractivity contribution in [2.24, 2.45) is 0 Å². The maximum Gasteiger partial charge on any atom is 1.00 e. The van der Waals surface area contributed by atoms with E-state index in [9.17, 15) is 17.4 Å². The van der Waals surface area contributed by atoms with E-state index in [1.54, 1.807) is 0 Å². The van der Waals surface area contributed by atoms with Crippen molar-refractivity contribution in [2.75, 3.05) is 0 Å². The van der Waals surface area contributed by atoms with Gasteiger partial charge < -0.3 is 4.55 Å². The molecule has 68 valence electrons. The Morgan fingerprint density at radius 3 is 2.36 bits per heavy atom. The van der Waals surface area contributed by atoms with E-state index in [1.807, 2.05) is 0 Å². The zero-order valence-corrected chi connectivity index (χ0v) is 10.0. The summed E-state index contributed by atoms with van der Waals surface area (Å²) in [4.78, 5) is -0.824. The average molecular weight is 223 g/mol. The van der Waals surface area contributed by atoms with Gasteiger partial charge in [0.2, 0.25) is 0 Å². The standard InChI is InChI=1S/C7H4FNO3S.Na/c8-6-2-1-3-7(5(6)4-9)13(10,11)12;/h1-3H,(H,10,11,12);/q;+1/p-1. The predicted octanol–water partition coefficient (Wildman–Crippen LogP) is -2.39. The van der Waals surface area contributed by atoms with Crippen LogP contribution in [0.4, 0.5) is 4.39 Å². The van der Waals surface area contributed by atoms with Gasteiger partial charge in [0.1, 0.15) is 27.6 Å². The summed E-state index contributed by atoms with van der Waals surface area (Å²) >= 11 is 0. The second-order valence-electron chi connectivity index (χ2n) is 2.18. The predicted molar refractivity (Wildman–Crippen MR) is 39.1 cm³/mol. The molecule has 7 heteroatoms. The number of nitriles is 1. The molecule has 0 aromatic heterocycles. The van der Waals surface area contributed by atoms with Crippen molar-refractivity contribution in [1.29, 1.82) is 5.26 Å². The smallest absolute Gasteiger partial charge is 0.744 e. The minimum atomic E-state index is -4.78. The van der Waals surface area contributed by atoms with Crippen LogP contribution in [0, 0.1) is 17.1 Å². The molecule has 0 saturated heterocycles. The van der Waals surface area contributed by atoms with E-state index >= 15 is 0 Å². The van der Waals surface area contributed by atoms with Crippen molar-refractivity contribution in [1.82, 2.24) is 0 Å². The molecule has 1 aromatic carbocycles. The molecule has 0 N–H and O–H groups in total. The molecule has 0 aliphatic rings. The molecular weight excluding hydrogens is 220 g/mol. The van der Waals surface area contributed by atoms with Crippen LogP contribution < -0.4 is 29.6 Å². The number of rotatable bonds is 1. The third kappa shape index (κ3) is 2.77. The summed E-state index contributed by atoms with van der Waals surface area (Å²) in [6.45, 7) is 0. The van der Waals surface area contributed by atoms with Gasteiger partial charge in [-0.2, -0.15) is 5.26 Å². The van der Waals surface area contributed by atoms with Crippen LogP contribution in [0.1, 0.15) is 5.56 Å². The normalized spacial score (nSPS) is 10.1. The zero-order valence-electron chi connectivity index (χ0n) is 7.19. The molecule has 0 atom stereocenters. The van der Waals surface area contributed by atoms with Crippen LogP contribution in [-0.4, -0.2) is 13.0 Å². The monoisotopic (exact) mass is 223 g/mol. The minimum absolute atomic E-state index is 0. The molecule has 1 rings (SSSR count). The van der Waals surface area contributed by atoms with Gasteiger partial charge in [-0.25, -0.2) is 12.8 Å². The Labute approximate surface area is 102 Å². The number of benzene rings is 1. The van der Waals surface area contributed by atoms with E-state index in [0.29, 0.717) is 0 Å². The van der Waals surface area contributed by atoms with Gasteiger partial charge in [0.05, 0.1) is 4.90 Å². The summed E-state index contributed by atoms with van der Waals surface area (Å²) < 4.78 is 44.2. The van der Waals surface area contributed by atoms with Crippen LogP contribution in [0.5, 0.6) is 0 Å². The first-order valence-electron chi connectivity index (χ1n) is 3.11. The minimum Gasteiger partial charge on any atom is -0.744 e. The summed E-state index contributed by atoms with van der Waals surface area (Å²) in [5.41, 5.74) is -0.738. The van der Waals surface area contributed by atoms with Crippen LogP contribution in [-0.2, 0) is 10.1 Å². The molecule has 0 saturated carbocycles. The van der Waals surface area contributed by atoms with E-state index < -0.39 is 26.4 Å². The van der Waals surface area contributed by atoms with E-state index in [0.717, 1.165) is 18.2 Å². The number of hydrogen-bond acceptors (Lipinski definition) is 4. The fourth-order valence-electron chi connectivity index (χ4n) is 0.821. The zero-order chi connectivity index (χ0) is 10.1. The Balaban J connectivity index is 0.00000169. The molecule has 1 aromatic rings. The largest absolute Gasteiger partial charge is 1.00 e. The third-order valence-electron chi connectivity index (χ3n) is 1.36. The second kappa shape index (κ2) is 4.87. The Kier molecular flexibility index (Phi) is 4.71. The second-order valence-corrected chi connectivity index (χ2v) is 3.53. The van der Waals surface area contributed by atoms with Crippen LogP contribution in [0.3, 0.4) is 0 Å². The molecule has 0 amide bonds. The van der Waals surface area contributed by atoms with Crippen molar-refractivity contribution < 1.29 is 46.9 Å². The molecular formula is C7H3FNNaO3S. The van der Waals surface area contributed by atoms with Crippen LogP contribution in [0.2, 0.25) is 0 Å². The van der Waals surface area contributed by atoms with Crippen molar-refractivity contribution >= 4 is 10.1 Å². The molecule has 0 fully saturated rings. The summed E-state index contributed by atoms with van der Waals surface area (Å²) in [7, 11) is -4.78. The van der Waals surface area contributed by atoms with Crippen LogP contribution in [0.25, 0.3) is 0 Å². The molecule has 0 spiro atoms. The van der Waals surface area contributed by atoms with Gasteiger partial charge in [-0.05, 0) is 12.1 Å². The van der Waals surface area contributed by atoms with Gasteiger partial charge in [-0.15, -0.1) is 0 Å². The molecule has 14 heavy (non-hydrogen) atoms. The molecule has 0 bridgehead atoms. The molecule has 0 heterocycles. The molecule has 0 radical (unpaired) electrons. The van der Waals surface area contributed by atoms with E-state index in [-0.39, 0.29) is 29.6 Å². The third-order valence-corrected chi connectivity index (χ3v) is 2.24. The quantitative estimate of drug-likeness (QED) is 0.393. The van der Waals surface area contributed by atoms with Gasteiger partial charge in [-0.3, -0.25) is 0 Å². The Morgan fingerprint density at radius 2 is 2.00 bits per heavy atom. The van der Waals surface area contributed by atoms with Gasteiger partial charge in [0, 0.05) is 0 Å². The van der Waals surface area contributed by atoms with Gasteiger partial charge in [0.15, 0.2) is 0 Å². The summed E-state index contributed by atoms with van der Waals surface area (Å²) in [6, 6.07) is 4.18. The number of halogens is 1. The first-order valence-corrected chi connectivity index (χ1v) is 4.52. The average Bonchev–Trinajstić information content (AvgIpc) is 2.02. The fraction of sp³-hybridized carbons (Fsp3) is 0. The number of nitrogens with zero attached hydrogens (tertiary/aromatic N) is 1. The van der Waals surface area contributed by atoms with Crippen LogP contribution >= 0.6 is 0 Å². The van der Waals surface area contributed by atoms with Crippen molar-refractivity contribution in [3.8, 4) is 6.07 Å². The molecule has 0 aliphatic carbocycles. The first kappa shape index (κ1) is 13.5. The van der Waals surface area contributed by atoms with Gasteiger partial charge >= 0.3 is 29.6 Å². The topological polar surface area (TPSA) is 81.0 Å². The van der Waals surface area contributed by atoms with Gasteiger partial charge in [-0.1, -0.05) is 6.07 Å². The molecule has 0 aliphatic heterocycles. The maximum atomic E-state index is 12.8. The Bertz CT molecular complexity index is 480. The fourth-order valence-corrected chi connectivity index (χ4v) is 1.46. The van der Waals surface area contributed by atoms with Crippen LogP contribution in [0.15, 0.2) is 23.1 Å². The van der Waals surface area contributed by atoms with Crippen molar-refractivity contribution in [2.45, 2.75) is 4.90 Å². The maximum absolute atomic E-state index is 12.8. The Morgan fingerprint density at radius 1 is 1.43 bits per heavy atom.